The van der Waals surface area contributed by atoms with Gasteiger partial charge in [0.25, 0.3) is 0 Å². The molecule has 0 spiro atoms. The van der Waals surface area contributed by atoms with Gasteiger partial charge in [-0.3, -0.25) is 4.98 Å². The minimum atomic E-state index is -1.34. The Labute approximate surface area is 124 Å². The number of aryl methyl sites for hydroxylation is 1. The Balaban J connectivity index is 2.56. The Morgan fingerprint density at radius 2 is 1.75 bits per heavy atom. The molecule has 0 N–H and O–H groups in total. The van der Waals surface area contributed by atoms with Crippen LogP contribution < -0.4 is 5.19 Å². The van der Waals surface area contributed by atoms with Crippen LogP contribution in [-0.4, -0.2) is 13.1 Å². The molecule has 0 unspecified atom stereocenters. The lowest BCUT2D eigenvalue weighted by Crippen LogP contribution is -2.40. The quantitative estimate of drug-likeness (QED) is 0.742. The largest absolute Gasteiger partial charge is 0.256 e. The molecule has 0 amide bonds. The van der Waals surface area contributed by atoms with E-state index in [0.29, 0.717) is 5.92 Å². The monoisotopic (exact) mass is 283 g/mol. The van der Waals surface area contributed by atoms with Crippen LogP contribution >= 0.6 is 0 Å². The van der Waals surface area contributed by atoms with Crippen molar-refractivity contribution in [1.29, 1.82) is 0 Å². The third-order valence-electron chi connectivity index (χ3n) is 3.68. The molecule has 0 fully saturated rings. The predicted octanol–water partition coefficient (Wildman–Crippen LogP) is 4.73. The number of aromatic nitrogens is 1. The molecule has 1 heterocycles. The Bertz CT molecular complexity index is 609. The fourth-order valence-electron chi connectivity index (χ4n) is 2.54. The summed E-state index contributed by atoms with van der Waals surface area (Å²) in [4.78, 5) is 4.73. The molecule has 0 saturated carbocycles. The molecular weight excluding hydrogens is 258 g/mol. The van der Waals surface area contributed by atoms with E-state index in [1.807, 2.05) is 0 Å². The highest BCUT2D eigenvalue weighted by Gasteiger charge is 2.22. The average Bonchev–Trinajstić information content (AvgIpc) is 2.37. The van der Waals surface area contributed by atoms with Crippen molar-refractivity contribution < 1.29 is 0 Å². The molecule has 0 aliphatic carbocycles. The van der Waals surface area contributed by atoms with Gasteiger partial charge in [-0.2, -0.15) is 0 Å². The van der Waals surface area contributed by atoms with E-state index in [0.717, 1.165) is 5.69 Å². The molecule has 0 bridgehead atoms. The SMILES string of the molecule is Cc1cccc(-c2cc(C(C)C)c([Si](C)(C)C)cn2)c1. The number of hydrogen-bond donors (Lipinski definition) is 0. The summed E-state index contributed by atoms with van der Waals surface area (Å²) in [7, 11) is -1.34. The van der Waals surface area contributed by atoms with Crippen LogP contribution in [0.2, 0.25) is 19.6 Å². The van der Waals surface area contributed by atoms with Crippen LogP contribution in [0.4, 0.5) is 0 Å². The van der Waals surface area contributed by atoms with Crippen molar-refractivity contribution in [3.8, 4) is 11.3 Å². The first-order chi connectivity index (χ1) is 9.29. The molecule has 20 heavy (non-hydrogen) atoms. The summed E-state index contributed by atoms with van der Waals surface area (Å²) in [6, 6.07) is 10.9. The zero-order valence-electron chi connectivity index (χ0n) is 13.5. The van der Waals surface area contributed by atoms with Crippen molar-refractivity contribution in [2.75, 3.05) is 0 Å². The summed E-state index contributed by atoms with van der Waals surface area (Å²) in [5.41, 5.74) is 5.06. The van der Waals surface area contributed by atoms with E-state index in [1.165, 1.54) is 21.9 Å². The summed E-state index contributed by atoms with van der Waals surface area (Å²) in [5.74, 6) is 0.545. The molecule has 1 nitrogen and oxygen atoms in total. The second-order valence-electron chi connectivity index (χ2n) is 6.93. The molecular formula is C18H25NSi. The number of benzene rings is 1. The summed E-state index contributed by atoms with van der Waals surface area (Å²) in [5, 5.41) is 1.49. The van der Waals surface area contributed by atoms with E-state index < -0.39 is 8.07 Å². The first-order valence-corrected chi connectivity index (χ1v) is 10.9. The van der Waals surface area contributed by atoms with Gasteiger partial charge < -0.3 is 0 Å². The van der Waals surface area contributed by atoms with Crippen molar-refractivity contribution in [2.45, 2.75) is 46.3 Å². The lowest BCUT2D eigenvalue weighted by Gasteiger charge is -2.23. The van der Waals surface area contributed by atoms with Crippen molar-refractivity contribution >= 4 is 13.3 Å². The fourth-order valence-corrected chi connectivity index (χ4v) is 4.22. The summed E-state index contributed by atoms with van der Waals surface area (Å²) < 4.78 is 0. The van der Waals surface area contributed by atoms with Crippen LogP contribution in [0.1, 0.15) is 30.9 Å². The summed E-state index contributed by atoms with van der Waals surface area (Å²) in [6.07, 6.45) is 2.12. The van der Waals surface area contributed by atoms with Gasteiger partial charge in [-0.15, -0.1) is 0 Å². The molecule has 1 aromatic carbocycles. The zero-order chi connectivity index (χ0) is 14.9. The first-order valence-electron chi connectivity index (χ1n) is 7.36. The van der Waals surface area contributed by atoms with Crippen molar-refractivity contribution in [1.82, 2.24) is 4.98 Å². The van der Waals surface area contributed by atoms with Gasteiger partial charge >= 0.3 is 0 Å². The molecule has 0 saturated heterocycles. The lowest BCUT2D eigenvalue weighted by molar-refractivity contribution is 0.870. The van der Waals surface area contributed by atoms with Gasteiger partial charge in [-0.05, 0) is 35.7 Å². The minimum Gasteiger partial charge on any atom is -0.256 e. The fraction of sp³-hybridized carbons (Fsp3) is 0.389. The third kappa shape index (κ3) is 3.18. The average molecular weight is 283 g/mol. The van der Waals surface area contributed by atoms with Crippen LogP contribution in [0.25, 0.3) is 11.3 Å². The van der Waals surface area contributed by atoms with Crippen LogP contribution in [0.15, 0.2) is 36.5 Å². The standard InChI is InChI=1S/C18H25NSi/c1-13(2)16-11-17(15-9-7-8-14(3)10-15)19-12-18(16)20(4,5)6/h7-13H,1-6H3. The van der Waals surface area contributed by atoms with Crippen LogP contribution in [-0.2, 0) is 0 Å². The van der Waals surface area contributed by atoms with Gasteiger partial charge in [0.1, 0.15) is 0 Å². The van der Waals surface area contributed by atoms with Gasteiger partial charge in [-0.25, -0.2) is 0 Å². The van der Waals surface area contributed by atoms with Crippen LogP contribution in [0.3, 0.4) is 0 Å². The highest BCUT2D eigenvalue weighted by atomic mass is 28.3. The second-order valence-corrected chi connectivity index (χ2v) is 12.0. The van der Waals surface area contributed by atoms with Crippen molar-refractivity contribution in [3.05, 3.63) is 47.7 Å². The van der Waals surface area contributed by atoms with E-state index >= 15 is 0 Å². The van der Waals surface area contributed by atoms with Crippen LogP contribution in [0.5, 0.6) is 0 Å². The third-order valence-corrected chi connectivity index (χ3v) is 5.71. The number of hydrogen-bond acceptors (Lipinski definition) is 1. The summed E-state index contributed by atoms with van der Waals surface area (Å²) in [6.45, 7) is 13.9. The van der Waals surface area contributed by atoms with E-state index in [2.05, 4.69) is 76.9 Å². The van der Waals surface area contributed by atoms with Gasteiger partial charge in [-0.1, -0.05) is 57.3 Å². The molecule has 1 aromatic heterocycles. The number of rotatable bonds is 3. The molecule has 0 aliphatic heterocycles. The van der Waals surface area contributed by atoms with E-state index in [4.69, 9.17) is 4.98 Å². The molecule has 2 aromatic rings. The first kappa shape index (κ1) is 15.0. The Morgan fingerprint density at radius 1 is 1.05 bits per heavy atom. The second kappa shape index (κ2) is 5.53. The maximum atomic E-state index is 4.73. The zero-order valence-corrected chi connectivity index (χ0v) is 14.5. The minimum absolute atomic E-state index is 0.545. The molecule has 0 aliphatic rings. The van der Waals surface area contributed by atoms with Crippen molar-refractivity contribution in [3.63, 3.8) is 0 Å². The smallest absolute Gasteiger partial charge is 0.0799 e. The predicted molar refractivity (Wildman–Crippen MR) is 91.5 cm³/mol. The molecule has 2 rings (SSSR count). The topological polar surface area (TPSA) is 12.9 Å². The molecule has 0 radical (unpaired) electrons. The summed E-state index contributed by atoms with van der Waals surface area (Å²) >= 11 is 0. The maximum Gasteiger partial charge on any atom is 0.0799 e. The van der Waals surface area contributed by atoms with E-state index in [-0.39, 0.29) is 0 Å². The highest BCUT2D eigenvalue weighted by Crippen LogP contribution is 2.23. The molecule has 106 valence electrons. The number of nitrogens with zero attached hydrogens (tertiary/aromatic N) is 1. The Hall–Kier alpha value is -1.41. The van der Waals surface area contributed by atoms with E-state index in [1.54, 1.807) is 0 Å². The van der Waals surface area contributed by atoms with E-state index in [9.17, 15) is 0 Å². The molecule has 2 heteroatoms. The molecule has 0 atom stereocenters. The van der Waals surface area contributed by atoms with Crippen LogP contribution in [0, 0.1) is 6.92 Å². The number of pyridine rings is 1. The normalized spacial score (nSPS) is 11.9. The van der Waals surface area contributed by atoms with Gasteiger partial charge in [0.05, 0.1) is 13.8 Å². The van der Waals surface area contributed by atoms with Gasteiger partial charge in [0, 0.05) is 11.8 Å². The van der Waals surface area contributed by atoms with Crippen molar-refractivity contribution in [2.24, 2.45) is 0 Å². The highest BCUT2D eigenvalue weighted by molar-refractivity contribution is 6.89. The Morgan fingerprint density at radius 3 is 2.30 bits per heavy atom. The Kier molecular flexibility index (Phi) is 4.14. The maximum absolute atomic E-state index is 4.73. The van der Waals surface area contributed by atoms with Gasteiger partial charge in [0.2, 0.25) is 0 Å². The van der Waals surface area contributed by atoms with Gasteiger partial charge in [0.15, 0.2) is 0 Å². The lowest BCUT2D eigenvalue weighted by atomic mass is 10.0.